The summed E-state index contributed by atoms with van der Waals surface area (Å²) in [5.74, 6) is 0.146. The van der Waals surface area contributed by atoms with E-state index in [1.165, 1.54) is 12.4 Å². The van der Waals surface area contributed by atoms with Crippen LogP contribution in [-0.4, -0.2) is 47.0 Å². The summed E-state index contributed by atoms with van der Waals surface area (Å²) >= 11 is 0. The van der Waals surface area contributed by atoms with E-state index in [4.69, 9.17) is 5.73 Å². The van der Waals surface area contributed by atoms with Gasteiger partial charge in [0.15, 0.2) is 0 Å². The van der Waals surface area contributed by atoms with Crippen LogP contribution in [-0.2, 0) is 0 Å². The smallest absolute Gasteiger partial charge is 0.271 e. The predicted molar refractivity (Wildman–Crippen MR) is 64.4 cm³/mol. The summed E-state index contributed by atoms with van der Waals surface area (Å²) in [6.07, 6.45) is 4.75. The van der Waals surface area contributed by atoms with Crippen LogP contribution in [0.15, 0.2) is 12.4 Å². The van der Waals surface area contributed by atoms with Gasteiger partial charge in [0.2, 0.25) is 0 Å². The Balaban J connectivity index is 1.91. The van der Waals surface area contributed by atoms with Crippen LogP contribution in [0.4, 0.5) is 5.82 Å². The number of carbonyl (C=O) groups is 1. The molecule has 1 amide bonds. The van der Waals surface area contributed by atoms with Gasteiger partial charge in [-0.3, -0.25) is 4.79 Å². The van der Waals surface area contributed by atoms with Gasteiger partial charge in [-0.15, -0.1) is 0 Å². The van der Waals surface area contributed by atoms with Crippen LogP contribution in [0.1, 0.15) is 23.3 Å². The Bertz CT molecular complexity index is 383. The number of likely N-dealkylation sites (tertiary alicyclic amines) is 1. The van der Waals surface area contributed by atoms with Gasteiger partial charge in [0, 0.05) is 6.04 Å². The molecule has 2 heterocycles. The molecular formula is C11H17N5O. The highest BCUT2D eigenvalue weighted by Crippen LogP contribution is 2.08. The lowest BCUT2D eigenvalue weighted by molar-refractivity contribution is 0.0911. The van der Waals surface area contributed by atoms with Crippen LogP contribution in [0.3, 0.4) is 0 Å². The molecule has 1 saturated heterocycles. The lowest BCUT2D eigenvalue weighted by Gasteiger charge is -2.29. The Kier molecular flexibility index (Phi) is 3.53. The minimum atomic E-state index is -0.174. The molecule has 3 N–H and O–H groups in total. The molecule has 17 heavy (non-hydrogen) atoms. The van der Waals surface area contributed by atoms with Crippen molar-refractivity contribution in [1.29, 1.82) is 0 Å². The van der Waals surface area contributed by atoms with Gasteiger partial charge in [-0.2, -0.15) is 0 Å². The summed E-state index contributed by atoms with van der Waals surface area (Å²) in [7, 11) is 2.09. The van der Waals surface area contributed by atoms with Crippen molar-refractivity contribution in [3.05, 3.63) is 18.1 Å². The lowest BCUT2D eigenvalue weighted by atomic mass is 10.1. The van der Waals surface area contributed by atoms with Crippen LogP contribution in [0, 0.1) is 0 Å². The van der Waals surface area contributed by atoms with Gasteiger partial charge < -0.3 is 16.0 Å². The minimum absolute atomic E-state index is 0.174. The van der Waals surface area contributed by atoms with E-state index in [9.17, 15) is 4.79 Å². The summed E-state index contributed by atoms with van der Waals surface area (Å²) in [5, 5.41) is 2.97. The number of nitrogens with two attached hydrogens (primary N) is 1. The third-order valence-electron chi connectivity index (χ3n) is 2.96. The number of nitrogens with zero attached hydrogens (tertiary/aromatic N) is 3. The van der Waals surface area contributed by atoms with E-state index in [0.717, 1.165) is 25.9 Å². The molecular weight excluding hydrogens is 218 g/mol. The van der Waals surface area contributed by atoms with E-state index in [2.05, 4.69) is 27.2 Å². The molecule has 0 unspecified atom stereocenters. The van der Waals surface area contributed by atoms with Gasteiger partial charge in [-0.05, 0) is 33.0 Å². The molecule has 0 atom stereocenters. The standard InChI is InChI=1S/C11H17N5O/c1-16-4-2-8(3-5-16)15-11(17)9-6-14-10(12)7-13-9/h6-8H,2-5H2,1H3,(H2,12,14)(H,15,17). The van der Waals surface area contributed by atoms with Gasteiger partial charge in [0.05, 0.1) is 12.4 Å². The number of nitrogens with one attached hydrogen (secondary N) is 1. The molecule has 0 aromatic carbocycles. The molecule has 1 aromatic heterocycles. The maximum Gasteiger partial charge on any atom is 0.271 e. The zero-order valence-electron chi connectivity index (χ0n) is 9.89. The number of aromatic nitrogens is 2. The molecule has 6 heteroatoms. The molecule has 1 aliphatic rings. The van der Waals surface area contributed by atoms with Crippen molar-refractivity contribution in [1.82, 2.24) is 20.2 Å². The maximum atomic E-state index is 11.8. The van der Waals surface area contributed by atoms with Gasteiger partial charge >= 0.3 is 0 Å². The highest BCUT2D eigenvalue weighted by molar-refractivity contribution is 5.92. The van der Waals surface area contributed by atoms with Crippen molar-refractivity contribution < 1.29 is 4.79 Å². The van der Waals surface area contributed by atoms with E-state index in [0.29, 0.717) is 11.5 Å². The van der Waals surface area contributed by atoms with Gasteiger partial charge in [0.1, 0.15) is 11.5 Å². The number of piperidine rings is 1. The molecule has 1 aromatic rings. The topological polar surface area (TPSA) is 84.1 Å². The summed E-state index contributed by atoms with van der Waals surface area (Å²) < 4.78 is 0. The van der Waals surface area contributed by atoms with Crippen molar-refractivity contribution in [2.45, 2.75) is 18.9 Å². The number of nitrogen functional groups attached to an aromatic ring is 1. The van der Waals surface area contributed by atoms with Gasteiger partial charge in [-0.1, -0.05) is 0 Å². The van der Waals surface area contributed by atoms with Crippen molar-refractivity contribution >= 4 is 11.7 Å². The molecule has 0 saturated carbocycles. The fourth-order valence-electron chi connectivity index (χ4n) is 1.87. The SMILES string of the molecule is CN1CCC(NC(=O)c2cnc(N)cn2)CC1. The van der Waals surface area contributed by atoms with Gasteiger partial charge in [0.25, 0.3) is 5.91 Å². The fraction of sp³-hybridized carbons (Fsp3) is 0.545. The monoisotopic (exact) mass is 235 g/mol. The highest BCUT2D eigenvalue weighted by atomic mass is 16.1. The second-order valence-electron chi connectivity index (χ2n) is 4.38. The Morgan fingerprint density at radius 3 is 2.71 bits per heavy atom. The average Bonchev–Trinajstić information content (AvgIpc) is 2.33. The van der Waals surface area contributed by atoms with Crippen molar-refractivity contribution in [3.8, 4) is 0 Å². The number of rotatable bonds is 2. The predicted octanol–water partition coefficient (Wildman–Crippen LogP) is -0.117. The van der Waals surface area contributed by atoms with Crippen LogP contribution in [0.2, 0.25) is 0 Å². The lowest BCUT2D eigenvalue weighted by Crippen LogP contribution is -2.43. The van der Waals surface area contributed by atoms with Crippen molar-refractivity contribution in [2.75, 3.05) is 25.9 Å². The van der Waals surface area contributed by atoms with Crippen LogP contribution < -0.4 is 11.1 Å². The molecule has 0 spiro atoms. The second kappa shape index (κ2) is 5.09. The molecule has 92 valence electrons. The molecule has 0 aliphatic carbocycles. The highest BCUT2D eigenvalue weighted by Gasteiger charge is 2.19. The van der Waals surface area contributed by atoms with E-state index in [1.807, 2.05) is 0 Å². The first kappa shape index (κ1) is 11.8. The number of hydrogen-bond donors (Lipinski definition) is 2. The van der Waals surface area contributed by atoms with Crippen molar-refractivity contribution in [3.63, 3.8) is 0 Å². The largest absolute Gasteiger partial charge is 0.382 e. The first-order valence-corrected chi connectivity index (χ1v) is 5.72. The first-order chi connectivity index (χ1) is 8.15. The van der Waals surface area contributed by atoms with E-state index < -0.39 is 0 Å². The molecule has 0 radical (unpaired) electrons. The molecule has 1 fully saturated rings. The Hall–Kier alpha value is -1.69. The van der Waals surface area contributed by atoms with E-state index in [1.54, 1.807) is 0 Å². The van der Waals surface area contributed by atoms with E-state index in [-0.39, 0.29) is 11.9 Å². The van der Waals surface area contributed by atoms with Crippen molar-refractivity contribution in [2.24, 2.45) is 0 Å². The van der Waals surface area contributed by atoms with Crippen LogP contribution in [0.5, 0.6) is 0 Å². The molecule has 6 nitrogen and oxygen atoms in total. The zero-order chi connectivity index (χ0) is 12.3. The quantitative estimate of drug-likeness (QED) is 0.746. The fourth-order valence-corrected chi connectivity index (χ4v) is 1.87. The second-order valence-corrected chi connectivity index (χ2v) is 4.38. The molecule has 2 rings (SSSR count). The number of amides is 1. The van der Waals surface area contributed by atoms with Crippen LogP contribution in [0.25, 0.3) is 0 Å². The Morgan fingerprint density at radius 2 is 2.12 bits per heavy atom. The normalized spacial score (nSPS) is 17.9. The Morgan fingerprint density at radius 1 is 1.41 bits per heavy atom. The summed E-state index contributed by atoms with van der Waals surface area (Å²) in [6.45, 7) is 2.02. The first-order valence-electron chi connectivity index (χ1n) is 5.72. The van der Waals surface area contributed by atoms with Gasteiger partial charge in [-0.25, -0.2) is 9.97 Å². The number of carbonyl (C=O) groups excluding carboxylic acids is 1. The molecule has 0 bridgehead atoms. The summed E-state index contributed by atoms with van der Waals surface area (Å²) in [6, 6.07) is 0.234. The van der Waals surface area contributed by atoms with E-state index >= 15 is 0 Å². The third-order valence-corrected chi connectivity index (χ3v) is 2.96. The number of hydrogen-bond acceptors (Lipinski definition) is 5. The Labute approximate surface area is 100 Å². The molecule has 1 aliphatic heterocycles. The minimum Gasteiger partial charge on any atom is -0.382 e. The van der Waals surface area contributed by atoms with Crippen LogP contribution >= 0.6 is 0 Å². The number of anilines is 1. The zero-order valence-corrected chi connectivity index (χ0v) is 9.89. The third kappa shape index (κ3) is 3.13. The summed E-state index contributed by atoms with van der Waals surface area (Å²) in [4.78, 5) is 21.9. The summed E-state index contributed by atoms with van der Waals surface area (Å²) in [5.41, 5.74) is 5.73. The average molecular weight is 235 g/mol. The maximum absolute atomic E-state index is 11.8.